The van der Waals surface area contributed by atoms with Gasteiger partial charge in [-0.25, -0.2) is 4.39 Å². The van der Waals surface area contributed by atoms with Crippen LogP contribution in [0.4, 0.5) is 4.39 Å². The molecule has 2 rings (SSSR count). The summed E-state index contributed by atoms with van der Waals surface area (Å²) in [6.07, 6.45) is 0.671. The fraction of sp³-hybridized carbons (Fsp3) is 0.438. The van der Waals surface area contributed by atoms with Crippen LogP contribution in [0.15, 0.2) is 24.3 Å². The van der Waals surface area contributed by atoms with E-state index in [0.29, 0.717) is 12.0 Å². The van der Waals surface area contributed by atoms with Crippen molar-refractivity contribution < 1.29 is 9.50 Å². The van der Waals surface area contributed by atoms with Crippen LogP contribution in [0, 0.1) is 17.1 Å². The topological polar surface area (TPSA) is 59.3 Å². The van der Waals surface area contributed by atoms with Crippen LogP contribution in [0.5, 0.6) is 5.75 Å². The van der Waals surface area contributed by atoms with Gasteiger partial charge < -0.3 is 10.4 Å². The molecule has 0 amide bonds. The van der Waals surface area contributed by atoms with E-state index in [1.54, 1.807) is 12.1 Å². The Hall–Kier alpha value is -1.90. The third-order valence-corrected chi connectivity index (χ3v) is 3.76. The maximum Gasteiger partial charge on any atom is 0.144 e. The lowest BCUT2D eigenvalue weighted by Gasteiger charge is -2.35. The Labute approximate surface area is 124 Å². The third-order valence-electron chi connectivity index (χ3n) is 3.76. The molecular weight excluding hydrogens is 269 g/mol. The van der Waals surface area contributed by atoms with Crippen LogP contribution >= 0.6 is 0 Å². The highest BCUT2D eigenvalue weighted by Crippen LogP contribution is 2.36. The number of nitrogens with zero attached hydrogens (tertiary/aromatic N) is 2. The molecule has 1 saturated heterocycles. The smallest absolute Gasteiger partial charge is 0.144 e. The van der Waals surface area contributed by atoms with Crippen molar-refractivity contribution in [2.45, 2.75) is 19.4 Å². The van der Waals surface area contributed by atoms with Crippen molar-refractivity contribution in [3.8, 4) is 11.8 Å². The molecule has 2 N–H and O–H groups in total. The van der Waals surface area contributed by atoms with Gasteiger partial charge in [0.05, 0.1) is 0 Å². The van der Waals surface area contributed by atoms with E-state index in [0.717, 1.165) is 31.8 Å². The molecule has 1 aliphatic rings. The van der Waals surface area contributed by atoms with Crippen LogP contribution in [0.2, 0.25) is 0 Å². The second-order valence-corrected chi connectivity index (χ2v) is 5.44. The summed E-state index contributed by atoms with van der Waals surface area (Å²) >= 11 is 0. The summed E-state index contributed by atoms with van der Waals surface area (Å²) in [7, 11) is 0. The number of hydrogen-bond donors (Lipinski definition) is 2. The number of piperazine rings is 1. The standard InChI is InChI=1S/C16H20FN3O/c1-11(2)9-15(20-7-5-19-6-8-20)12-3-4-14(17)13(10-18)16(12)21/h3-4,15,19,21H,1,5-9H2,2H3/t15-/m1/s1. The number of phenolic OH excluding ortho intramolecular Hbond substituents is 1. The highest BCUT2D eigenvalue weighted by Gasteiger charge is 2.26. The maximum atomic E-state index is 13.6. The lowest BCUT2D eigenvalue weighted by Crippen LogP contribution is -2.45. The number of nitriles is 1. The van der Waals surface area contributed by atoms with Crippen LogP contribution < -0.4 is 5.32 Å². The molecule has 1 atom stereocenters. The second-order valence-electron chi connectivity index (χ2n) is 5.44. The zero-order chi connectivity index (χ0) is 15.4. The van der Waals surface area contributed by atoms with Crippen LogP contribution in [0.25, 0.3) is 0 Å². The van der Waals surface area contributed by atoms with Crippen molar-refractivity contribution in [1.82, 2.24) is 10.2 Å². The lowest BCUT2D eigenvalue weighted by atomic mass is 9.95. The molecule has 0 aromatic heterocycles. The maximum absolute atomic E-state index is 13.6. The molecule has 1 aromatic carbocycles. The van der Waals surface area contributed by atoms with Crippen LogP contribution in [-0.2, 0) is 0 Å². The SMILES string of the molecule is C=C(C)C[C@H](c1ccc(F)c(C#N)c1O)N1CCNCC1. The molecular formula is C16H20FN3O. The van der Waals surface area contributed by atoms with Crippen molar-refractivity contribution in [3.63, 3.8) is 0 Å². The first-order valence-electron chi connectivity index (χ1n) is 7.05. The predicted octanol–water partition coefficient (Wildman–Crippen LogP) is 2.32. The normalized spacial score (nSPS) is 17.2. The second kappa shape index (κ2) is 6.70. The molecule has 0 saturated carbocycles. The van der Waals surface area contributed by atoms with Crippen molar-refractivity contribution in [3.05, 3.63) is 41.2 Å². The Morgan fingerprint density at radius 1 is 1.52 bits per heavy atom. The lowest BCUT2D eigenvalue weighted by molar-refractivity contribution is 0.169. The quantitative estimate of drug-likeness (QED) is 0.835. The van der Waals surface area contributed by atoms with Gasteiger partial charge in [-0.3, -0.25) is 4.90 Å². The molecule has 0 unspecified atom stereocenters. The number of aromatic hydroxyl groups is 1. The molecule has 0 aliphatic carbocycles. The Bertz CT molecular complexity index is 574. The molecule has 112 valence electrons. The molecule has 0 spiro atoms. The Balaban J connectivity index is 2.41. The zero-order valence-corrected chi connectivity index (χ0v) is 12.2. The van der Waals surface area contributed by atoms with Gasteiger partial charge in [0.1, 0.15) is 23.2 Å². The van der Waals surface area contributed by atoms with Gasteiger partial charge in [-0.1, -0.05) is 11.6 Å². The monoisotopic (exact) mass is 289 g/mol. The largest absolute Gasteiger partial charge is 0.506 e. The molecule has 1 heterocycles. The summed E-state index contributed by atoms with van der Waals surface area (Å²) in [4.78, 5) is 2.24. The van der Waals surface area contributed by atoms with Gasteiger partial charge in [-0.15, -0.1) is 6.58 Å². The van der Waals surface area contributed by atoms with E-state index in [1.807, 2.05) is 6.92 Å². The number of phenols is 1. The van der Waals surface area contributed by atoms with Crippen molar-refractivity contribution >= 4 is 0 Å². The van der Waals surface area contributed by atoms with Gasteiger partial charge in [0, 0.05) is 37.8 Å². The average molecular weight is 289 g/mol. The summed E-state index contributed by atoms with van der Waals surface area (Å²) < 4.78 is 13.6. The van der Waals surface area contributed by atoms with Crippen molar-refractivity contribution in [1.29, 1.82) is 5.26 Å². The summed E-state index contributed by atoms with van der Waals surface area (Å²) in [5, 5.41) is 22.5. The van der Waals surface area contributed by atoms with E-state index in [9.17, 15) is 9.50 Å². The van der Waals surface area contributed by atoms with Crippen LogP contribution in [0.1, 0.15) is 30.5 Å². The minimum absolute atomic E-state index is 0.0858. The third kappa shape index (κ3) is 3.41. The molecule has 1 fully saturated rings. The van der Waals surface area contributed by atoms with Gasteiger partial charge in [-0.2, -0.15) is 5.26 Å². The minimum Gasteiger partial charge on any atom is -0.506 e. The van der Waals surface area contributed by atoms with E-state index < -0.39 is 5.82 Å². The molecule has 0 bridgehead atoms. The summed E-state index contributed by atoms with van der Waals surface area (Å²) in [6, 6.07) is 4.47. The van der Waals surface area contributed by atoms with Gasteiger partial charge in [0.2, 0.25) is 0 Å². The van der Waals surface area contributed by atoms with E-state index in [1.165, 1.54) is 6.07 Å². The molecule has 1 aliphatic heterocycles. The Kier molecular flexibility index (Phi) is 4.94. The van der Waals surface area contributed by atoms with Crippen LogP contribution in [-0.4, -0.2) is 36.2 Å². The van der Waals surface area contributed by atoms with Crippen LogP contribution in [0.3, 0.4) is 0 Å². The van der Waals surface area contributed by atoms with Gasteiger partial charge in [-0.05, 0) is 19.4 Å². The Morgan fingerprint density at radius 3 is 2.76 bits per heavy atom. The molecule has 0 radical (unpaired) electrons. The van der Waals surface area contributed by atoms with Crippen molar-refractivity contribution in [2.24, 2.45) is 0 Å². The highest BCUT2D eigenvalue weighted by atomic mass is 19.1. The zero-order valence-electron chi connectivity index (χ0n) is 12.2. The number of hydrogen-bond acceptors (Lipinski definition) is 4. The van der Waals surface area contributed by atoms with E-state index in [-0.39, 0.29) is 17.4 Å². The van der Waals surface area contributed by atoms with Gasteiger partial charge in [0.15, 0.2) is 0 Å². The highest BCUT2D eigenvalue weighted by molar-refractivity contribution is 5.50. The fourth-order valence-electron chi connectivity index (χ4n) is 2.72. The number of halogens is 1. The van der Waals surface area contributed by atoms with E-state index >= 15 is 0 Å². The summed E-state index contributed by atoms with van der Waals surface area (Å²) in [5.74, 6) is -0.935. The number of benzene rings is 1. The molecule has 5 heteroatoms. The molecule has 21 heavy (non-hydrogen) atoms. The fourth-order valence-corrected chi connectivity index (χ4v) is 2.72. The number of rotatable bonds is 4. The minimum atomic E-state index is -0.687. The molecule has 1 aromatic rings. The van der Waals surface area contributed by atoms with Gasteiger partial charge >= 0.3 is 0 Å². The predicted molar refractivity (Wildman–Crippen MR) is 79.4 cm³/mol. The summed E-state index contributed by atoms with van der Waals surface area (Å²) in [6.45, 7) is 9.31. The van der Waals surface area contributed by atoms with Crippen molar-refractivity contribution in [2.75, 3.05) is 26.2 Å². The van der Waals surface area contributed by atoms with Gasteiger partial charge in [0.25, 0.3) is 0 Å². The average Bonchev–Trinajstić information content (AvgIpc) is 2.47. The Morgan fingerprint density at radius 2 is 2.19 bits per heavy atom. The first-order valence-corrected chi connectivity index (χ1v) is 7.05. The summed E-state index contributed by atoms with van der Waals surface area (Å²) in [5.41, 5.74) is 1.30. The first-order chi connectivity index (χ1) is 10.0. The molecule has 4 nitrogen and oxygen atoms in total. The number of nitrogens with one attached hydrogen (secondary N) is 1. The van der Waals surface area contributed by atoms with E-state index in [4.69, 9.17) is 5.26 Å². The van der Waals surface area contributed by atoms with E-state index in [2.05, 4.69) is 16.8 Å². The first kappa shape index (κ1) is 15.5.